The molecule has 0 saturated carbocycles. The first-order chi connectivity index (χ1) is 12.7. The van der Waals surface area contributed by atoms with E-state index < -0.39 is 0 Å². The highest BCUT2D eigenvalue weighted by Crippen LogP contribution is 2.24. The molecule has 0 aliphatic carbocycles. The summed E-state index contributed by atoms with van der Waals surface area (Å²) in [6.07, 6.45) is 1.10. The molecule has 1 aliphatic heterocycles. The summed E-state index contributed by atoms with van der Waals surface area (Å²) < 4.78 is 18.7. The van der Waals surface area contributed by atoms with Gasteiger partial charge in [-0.2, -0.15) is 4.98 Å². The molecular formula is C19H26FN5O2. The van der Waals surface area contributed by atoms with Gasteiger partial charge in [-0.05, 0) is 30.5 Å². The topological polar surface area (TPSA) is 92.1 Å². The lowest BCUT2D eigenvalue weighted by Crippen LogP contribution is -2.43. The maximum atomic E-state index is 13.4. The molecule has 0 spiro atoms. The Balaban J connectivity index is 1.48. The van der Waals surface area contributed by atoms with E-state index in [1.54, 1.807) is 19.1 Å². The first-order valence-electron chi connectivity index (χ1n) is 9.12. The maximum Gasteiger partial charge on any atom is 0.238 e. The first-order valence-corrected chi connectivity index (χ1v) is 9.12. The van der Waals surface area contributed by atoms with Crippen molar-refractivity contribution in [3.05, 3.63) is 46.9 Å². The van der Waals surface area contributed by atoms with Crippen molar-refractivity contribution in [2.24, 2.45) is 0 Å². The molecule has 7 nitrogen and oxygen atoms in total. The fourth-order valence-electron chi connectivity index (χ4n) is 2.91. The molecule has 2 unspecified atom stereocenters. The minimum atomic E-state index is -0.351. The molecule has 3 N–H and O–H groups in total. The number of hydrazine groups is 1. The van der Waals surface area contributed by atoms with Crippen LogP contribution in [-0.4, -0.2) is 28.6 Å². The second kappa shape index (κ2) is 7.74. The first kappa shape index (κ1) is 19.4. The Labute approximate surface area is 158 Å². The molecule has 3 rings (SSSR count). The van der Waals surface area contributed by atoms with Gasteiger partial charge in [0.25, 0.3) is 0 Å². The molecule has 8 heteroatoms. The molecule has 1 aromatic heterocycles. The molecule has 2 heterocycles. The van der Waals surface area contributed by atoms with E-state index in [1.165, 1.54) is 6.07 Å². The molecule has 146 valence electrons. The number of benzene rings is 1. The van der Waals surface area contributed by atoms with Crippen LogP contribution in [0.4, 0.5) is 4.39 Å². The predicted octanol–water partition coefficient (Wildman–Crippen LogP) is 2.08. The summed E-state index contributed by atoms with van der Waals surface area (Å²) in [6, 6.07) is 4.61. The standard InChI is InChI=1S/C19H26FN5O2/c1-11-9-12(5-6-13(11)20)14-10-15(24-23-14)17(26)21-8-7-16-22-18(27-25-16)19(2,3)4/h5-6,9,14-15,23-24H,7-8,10H2,1-4H3,(H,21,26). The van der Waals surface area contributed by atoms with Crippen molar-refractivity contribution >= 4 is 5.91 Å². The normalized spacial score (nSPS) is 20.0. The average molecular weight is 375 g/mol. The van der Waals surface area contributed by atoms with Gasteiger partial charge in [0.05, 0.1) is 0 Å². The monoisotopic (exact) mass is 375 g/mol. The van der Waals surface area contributed by atoms with Crippen LogP contribution in [0, 0.1) is 12.7 Å². The van der Waals surface area contributed by atoms with Crippen molar-refractivity contribution < 1.29 is 13.7 Å². The van der Waals surface area contributed by atoms with Gasteiger partial charge in [-0.15, -0.1) is 0 Å². The minimum absolute atomic E-state index is 0.0356. The molecule has 0 radical (unpaired) electrons. The maximum absolute atomic E-state index is 13.4. The van der Waals surface area contributed by atoms with Gasteiger partial charge < -0.3 is 9.84 Å². The summed E-state index contributed by atoms with van der Waals surface area (Å²) in [4.78, 5) is 16.7. The number of aromatic nitrogens is 2. The van der Waals surface area contributed by atoms with E-state index in [0.29, 0.717) is 36.7 Å². The lowest BCUT2D eigenvalue weighted by molar-refractivity contribution is -0.122. The third-order valence-electron chi connectivity index (χ3n) is 4.56. The molecule has 2 atom stereocenters. The Kier molecular flexibility index (Phi) is 5.57. The van der Waals surface area contributed by atoms with E-state index in [-0.39, 0.29) is 29.2 Å². The summed E-state index contributed by atoms with van der Waals surface area (Å²) in [5, 5.41) is 6.84. The second-order valence-electron chi connectivity index (χ2n) is 7.94. The summed E-state index contributed by atoms with van der Waals surface area (Å²) >= 11 is 0. The summed E-state index contributed by atoms with van der Waals surface area (Å²) in [6.45, 7) is 8.17. The average Bonchev–Trinajstić information content (AvgIpc) is 3.26. The Morgan fingerprint density at radius 1 is 1.37 bits per heavy atom. The van der Waals surface area contributed by atoms with Gasteiger partial charge in [0, 0.05) is 24.4 Å². The zero-order chi connectivity index (χ0) is 19.6. The Morgan fingerprint density at radius 3 is 2.81 bits per heavy atom. The highest BCUT2D eigenvalue weighted by Gasteiger charge is 2.30. The van der Waals surface area contributed by atoms with Gasteiger partial charge in [-0.1, -0.05) is 38.1 Å². The van der Waals surface area contributed by atoms with E-state index in [0.717, 1.165) is 5.56 Å². The van der Waals surface area contributed by atoms with Crippen LogP contribution in [0.1, 0.15) is 56.1 Å². The molecule has 27 heavy (non-hydrogen) atoms. The van der Waals surface area contributed by atoms with E-state index in [9.17, 15) is 9.18 Å². The van der Waals surface area contributed by atoms with E-state index in [2.05, 4.69) is 26.3 Å². The van der Waals surface area contributed by atoms with Crippen molar-refractivity contribution in [1.82, 2.24) is 26.3 Å². The van der Waals surface area contributed by atoms with Crippen LogP contribution >= 0.6 is 0 Å². The molecule has 1 saturated heterocycles. The lowest BCUT2D eigenvalue weighted by atomic mass is 9.97. The van der Waals surface area contributed by atoms with Gasteiger partial charge in [-0.25, -0.2) is 15.2 Å². The SMILES string of the molecule is Cc1cc(C2CC(C(=O)NCCc3noc(C(C)(C)C)n3)NN2)ccc1F. The molecule has 1 aromatic carbocycles. The van der Waals surface area contributed by atoms with Crippen LogP contribution in [-0.2, 0) is 16.6 Å². The van der Waals surface area contributed by atoms with Gasteiger partial charge in [0.2, 0.25) is 11.8 Å². The molecule has 1 fully saturated rings. The summed E-state index contributed by atoms with van der Waals surface area (Å²) in [7, 11) is 0. The van der Waals surface area contributed by atoms with Gasteiger partial charge in [0.1, 0.15) is 11.9 Å². The number of rotatable bonds is 5. The fourth-order valence-corrected chi connectivity index (χ4v) is 2.91. The number of carbonyl (C=O) groups is 1. The van der Waals surface area contributed by atoms with Crippen LogP contribution in [0.15, 0.2) is 22.7 Å². The van der Waals surface area contributed by atoms with Crippen LogP contribution in [0.25, 0.3) is 0 Å². The van der Waals surface area contributed by atoms with E-state index in [4.69, 9.17) is 4.52 Å². The van der Waals surface area contributed by atoms with Gasteiger partial charge >= 0.3 is 0 Å². The predicted molar refractivity (Wildman–Crippen MR) is 98.3 cm³/mol. The van der Waals surface area contributed by atoms with Crippen LogP contribution in [0.3, 0.4) is 0 Å². The lowest BCUT2D eigenvalue weighted by Gasteiger charge is -2.11. The molecule has 2 aromatic rings. The van der Waals surface area contributed by atoms with Crippen molar-refractivity contribution in [2.75, 3.05) is 6.54 Å². The molecule has 1 aliphatic rings. The number of amides is 1. The largest absolute Gasteiger partial charge is 0.354 e. The quantitative estimate of drug-likeness (QED) is 0.741. The smallest absolute Gasteiger partial charge is 0.238 e. The number of hydrogen-bond donors (Lipinski definition) is 3. The highest BCUT2D eigenvalue weighted by molar-refractivity contribution is 5.82. The Bertz CT molecular complexity index is 815. The molecule has 0 bridgehead atoms. The van der Waals surface area contributed by atoms with Crippen molar-refractivity contribution in [3.8, 4) is 0 Å². The van der Waals surface area contributed by atoms with E-state index in [1.807, 2.05) is 20.8 Å². The number of carbonyl (C=O) groups excluding carboxylic acids is 1. The number of aryl methyl sites for hydroxylation is 1. The fraction of sp³-hybridized carbons (Fsp3) is 0.526. The van der Waals surface area contributed by atoms with Gasteiger partial charge in [-0.3, -0.25) is 4.79 Å². The second-order valence-corrected chi connectivity index (χ2v) is 7.94. The highest BCUT2D eigenvalue weighted by atomic mass is 19.1. The zero-order valence-electron chi connectivity index (χ0n) is 16.1. The van der Waals surface area contributed by atoms with Crippen molar-refractivity contribution in [3.63, 3.8) is 0 Å². The van der Waals surface area contributed by atoms with Crippen LogP contribution in [0.5, 0.6) is 0 Å². The van der Waals surface area contributed by atoms with Crippen molar-refractivity contribution in [1.29, 1.82) is 0 Å². The third-order valence-corrected chi connectivity index (χ3v) is 4.56. The van der Waals surface area contributed by atoms with E-state index >= 15 is 0 Å². The Morgan fingerprint density at radius 2 is 2.15 bits per heavy atom. The summed E-state index contributed by atoms with van der Waals surface area (Å²) in [5.74, 6) is 0.846. The molecular weight excluding hydrogens is 349 g/mol. The zero-order valence-corrected chi connectivity index (χ0v) is 16.1. The van der Waals surface area contributed by atoms with Crippen LogP contribution in [0.2, 0.25) is 0 Å². The minimum Gasteiger partial charge on any atom is -0.354 e. The third kappa shape index (κ3) is 4.70. The molecule has 1 amide bonds. The summed E-state index contributed by atoms with van der Waals surface area (Å²) in [5.41, 5.74) is 7.47. The van der Waals surface area contributed by atoms with Crippen molar-refractivity contribution in [2.45, 2.75) is 58.0 Å². The van der Waals surface area contributed by atoms with Gasteiger partial charge in [0.15, 0.2) is 5.82 Å². The number of nitrogens with zero attached hydrogens (tertiary/aromatic N) is 2. The number of hydrogen-bond acceptors (Lipinski definition) is 6. The number of halogens is 1. The van der Waals surface area contributed by atoms with Crippen LogP contribution < -0.4 is 16.2 Å². The number of nitrogens with one attached hydrogen (secondary N) is 3. The Hall–Kier alpha value is -2.32.